The third-order valence-corrected chi connectivity index (χ3v) is 3.15. The van der Waals surface area contributed by atoms with Crippen molar-refractivity contribution in [3.63, 3.8) is 0 Å². The molecule has 0 spiro atoms. The summed E-state index contributed by atoms with van der Waals surface area (Å²) >= 11 is 6.08. The maximum absolute atomic E-state index is 11.7. The van der Waals surface area contributed by atoms with Crippen molar-refractivity contribution in [3.8, 4) is 11.5 Å². The summed E-state index contributed by atoms with van der Waals surface area (Å²) in [4.78, 5) is 11.7. The average Bonchev–Trinajstić information content (AvgIpc) is 3.14. The van der Waals surface area contributed by atoms with Gasteiger partial charge < -0.3 is 14.8 Å². The molecule has 1 N–H and O–H groups in total. The second-order valence-electron chi connectivity index (χ2n) is 4.24. The van der Waals surface area contributed by atoms with E-state index in [1.54, 1.807) is 12.1 Å². The molecule has 0 aromatic heterocycles. The molecule has 90 valence electrons. The highest BCUT2D eigenvalue weighted by Crippen LogP contribution is 2.39. The van der Waals surface area contributed by atoms with Gasteiger partial charge >= 0.3 is 0 Å². The molecule has 3 rings (SSSR count). The molecule has 0 radical (unpaired) electrons. The first-order valence-electron chi connectivity index (χ1n) is 5.64. The molecule has 4 nitrogen and oxygen atoms in total. The minimum absolute atomic E-state index is 0.0311. The van der Waals surface area contributed by atoms with Gasteiger partial charge in [-0.2, -0.15) is 0 Å². The van der Waals surface area contributed by atoms with Crippen LogP contribution in [-0.4, -0.2) is 19.1 Å². The first kappa shape index (κ1) is 10.7. The van der Waals surface area contributed by atoms with Crippen LogP contribution in [0, 0.1) is 5.92 Å². The van der Waals surface area contributed by atoms with E-state index in [0.29, 0.717) is 35.4 Å². The summed E-state index contributed by atoms with van der Waals surface area (Å²) in [6.07, 6.45) is 1.93. The lowest BCUT2D eigenvalue weighted by molar-refractivity contribution is -0.117. The van der Waals surface area contributed by atoms with Gasteiger partial charge in [0.1, 0.15) is 13.2 Å². The lowest BCUT2D eigenvalue weighted by atomic mass is 10.2. The van der Waals surface area contributed by atoms with Gasteiger partial charge in [0.25, 0.3) is 0 Å². The first-order valence-corrected chi connectivity index (χ1v) is 6.02. The first-order chi connectivity index (χ1) is 8.24. The molecule has 1 aliphatic carbocycles. The fourth-order valence-corrected chi connectivity index (χ4v) is 1.94. The fourth-order valence-electron chi connectivity index (χ4n) is 1.74. The molecule has 5 heteroatoms. The Balaban J connectivity index is 1.85. The Bertz CT molecular complexity index is 471. The Morgan fingerprint density at radius 2 is 1.88 bits per heavy atom. The molecule has 1 saturated carbocycles. The Morgan fingerprint density at radius 1 is 1.24 bits per heavy atom. The van der Waals surface area contributed by atoms with Crippen LogP contribution in [0.4, 0.5) is 5.69 Å². The fraction of sp³-hybridized carbons (Fsp3) is 0.417. The van der Waals surface area contributed by atoms with Gasteiger partial charge in [-0.05, 0) is 12.8 Å². The van der Waals surface area contributed by atoms with Gasteiger partial charge in [0, 0.05) is 18.1 Å². The molecule has 1 heterocycles. The summed E-state index contributed by atoms with van der Waals surface area (Å²) in [5.74, 6) is 1.44. The number of benzene rings is 1. The molecule has 0 saturated heterocycles. The molecule has 0 atom stereocenters. The Labute approximate surface area is 104 Å². The zero-order valence-electron chi connectivity index (χ0n) is 9.16. The monoisotopic (exact) mass is 253 g/mol. The van der Waals surface area contributed by atoms with Crippen molar-refractivity contribution >= 4 is 23.2 Å². The van der Waals surface area contributed by atoms with Crippen molar-refractivity contribution in [2.75, 3.05) is 18.5 Å². The highest BCUT2D eigenvalue weighted by atomic mass is 35.5. The third kappa shape index (κ3) is 2.17. The van der Waals surface area contributed by atoms with Gasteiger partial charge in [-0.15, -0.1) is 0 Å². The highest BCUT2D eigenvalue weighted by Gasteiger charge is 2.30. The van der Waals surface area contributed by atoms with Gasteiger partial charge in [-0.1, -0.05) is 11.6 Å². The van der Waals surface area contributed by atoms with E-state index >= 15 is 0 Å². The molecular weight excluding hydrogens is 242 g/mol. The van der Waals surface area contributed by atoms with E-state index < -0.39 is 0 Å². The van der Waals surface area contributed by atoms with E-state index in [4.69, 9.17) is 21.1 Å². The van der Waals surface area contributed by atoms with Crippen LogP contribution in [0.2, 0.25) is 5.02 Å². The molecule has 1 aliphatic heterocycles. The van der Waals surface area contributed by atoms with Crippen LogP contribution < -0.4 is 14.8 Å². The van der Waals surface area contributed by atoms with Gasteiger partial charge in [-0.3, -0.25) is 4.79 Å². The predicted octanol–water partition coefficient (Wildman–Crippen LogP) is 2.46. The topological polar surface area (TPSA) is 47.6 Å². The minimum Gasteiger partial charge on any atom is -0.486 e. The van der Waals surface area contributed by atoms with E-state index in [1.165, 1.54) is 0 Å². The molecule has 0 bridgehead atoms. The van der Waals surface area contributed by atoms with Crippen LogP contribution >= 0.6 is 11.6 Å². The molecular formula is C12H12ClNO3. The number of hydrogen-bond acceptors (Lipinski definition) is 3. The van der Waals surface area contributed by atoms with E-state index in [9.17, 15) is 4.79 Å². The van der Waals surface area contributed by atoms with Crippen LogP contribution in [0.1, 0.15) is 12.8 Å². The predicted molar refractivity (Wildman–Crippen MR) is 63.8 cm³/mol. The Morgan fingerprint density at radius 3 is 2.53 bits per heavy atom. The summed E-state index contributed by atoms with van der Waals surface area (Å²) in [5.41, 5.74) is 0.591. The molecule has 1 amide bonds. The molecule has 2 aliphatic rings. The van der Waals surface area contributed by atoms with Crippen LogP contribution in [0.5, 0.6) is 11.5 Å². The lowest BCUT2D eigenvalue weighted by Gasteiger charge is -2.20. The number of rotatable bonds is 2. The van der Waals surface area contributed by atoms with E-state index in [1.807, 2.05) is 0 Å². The number of ether oxygens (including phenoxy) is 2. The Kier molecular flexibility index (Phi) is 2.59. The van der Waals surface area contributed by atoms with E-state index in [-0.39, 0.29) is 11.8 Å². The van der Waals surface area contributed by atoms with Crippen LogP contribution in [0.25, 0.3) is 0 Å². The smallest absolute Gasteiger partial charge is 0.227 e. The molecule has 0 unspecified atom stereocenters. The zero-order valence-corrected chi connectivity index (χ0v) is 9.92. The maximum Gasteiger partial charge on any atom is 0.227 e. The minimum atomic E-state index is 0.0311. The van der Waals surface area contributed by atoms with Gasteiger partial charge in [0.05, 0.1) is 10.7 Å². The number of amides is 1. The second kappa shape index (κ2) is 4.11. The molecule has 1 aromatic carbocycles. The Hall–Kier alpha value is -1.42. The standard InChI is InChI=1S/C12H12ClNO3/c13-8-5-10-11(17-4-3-16-10)6-9(8)14-12(15)7-1-2-7/h5-7H,1-4H2,(H,14,15). The highest BCUT2D eigenvalue weighted by molar-refractivity contribution is 6.34. The SMILES string of the molecule is O=C(Nc1cc2c(cc1Cl)OCCO2)C1CC1. The summed E-state index contributed by atoms with van der Waals surface area (Å²) < 4.78 is 10.8. The number of hydrogen-bond donors (Lipinski definition) is 1. The molecule has 1 aromatic rings. The van der Waals surface area contributed by atoms with Gasteiger partial charge in [-0.25, -0.2) is 0 Å². The summed E-state index contributed by atoms with van der Waals surface area (Å²) in [5, 5.41) is 3.29. The number of anilines is 1. The van der Waals surface area contributed by atoms with Gasteiger partial charge in [0.2, 0.25) is 5.91 Å². The number of carbonyl (C=O) groups is 1. The summed E-state index contributed by atoms with van der Waals surface area (Å²) in [6.45, 7) is 1.04. The van der Waals surface area contributed by atoms with Crippen LogP contribution in [0.3, 0.4) is 0 Å². The second-order valence-corrected chi connectivity index (χ2v) is 4.65. The molecule has 1 fully saturated rings. The van der Waals surface area contributed by atoms with Gasteiger partial charge in [0.15, 0.2) is 11.5 Å². The number of carbonyl (C=O) groups excluding carboxylic acids is 1. The van der Waals surface area contributed by atoms with Crippen molar-refractivity contribution in [2.24, 2.45) is 5.92 Å². The zero-order chi connectivity index (χ0) is 11.8. The largest absolute Gasteiger partial charge is 0.486 e. The molecule has 17 heavy (non-hydrogen) atoms. The van der Waals surface area contributed by atoms with E-state index in [2.05, 4.69) is 5.32 Å². The quantitative estimate of drug-likeness (QED) is 0.881. The maximum atomic E-state index is 11.7. The number of nitrogens with one attached hydrogen (secondary N) is 1. The lowest BCUT2D eigenvalue weighted by Crippen LogP contribution is -2.17. The van der Waals surface area contributed by atoms with Crippen LogP contribution in [-0.2, 0) is 4.79 Å². The van der Waals surface area contributed by atoms with Crippen LogP contribution in [0.15, 0.2) is 12.1 Å². The third-order valence-electron chi connectivity index (χ3n) is 2.84. The summed E-state index contributed by atoms with van der Waals surface area (Å²) in [6, 6.07) is 3.40. The van der Waals surface area contributed by atoms with Crippen molar-refractivity contribution in [3.05, 3.63) is 17.2 Å². The number of halogens is 1. The number of fused-ring (bicyclic) bond motifs is 1. The summed E-state index contributed by atoms with van der Waals surface area (Å²) in [7, 11) is 0. The van der Waals surface area contributed by atoms with E-state index in [0.717, 1.165) is 12.8 Å². The van der Waals surface area contributed by atoms with Crippen molar-refractivity contribution < 1.29 is 14.3 Å². The normalized spacial score (nSPS) is 17.7. The van der Waals surface area contributed by atoms with Crippen molar-refractivity contribution in [2.45, 2.75) is 12.8 Å². The average molecular weight is 254 g/mol. The van der Waals surface area contributed by atoms with Crippen molar-refractivity contribution in [1.29, 1.82) is 0 Å². The van der Waals surface area contributed by atoms with Crippen molar-refractivity contribution in [1.82, 2.24) is 0 Å².